The first-order valence-electron chi connectivity index (χ1n) is 7.66. The Labute approximate surface area is 144 Å². The summed E-state index contributed by atoms with van der Waals surface area (Å²) in [6.07, 6.45) is 0. The number of hydrogen-bond acceptors (Lipinski definition) is 5. The number of methoxy groups -OCH3 is 1. The third-order valence-electron chi connectivity index (χ3n) is 4.46. The van der Waals surface area contributed by atoms with Crippen molar-refractivity contribution in [2.24, 2.45) is 0 Å². The maximum Gasteiger partial charge on any atom is 0.333 e. The van der Waals surface area contributed by atoms with Crippen LogP contribution in [-0.4, -0.2) is 35.4 Å². The van der Waals surface area contributed by atoms with Gasteiger partial charge in [-0.15, -0.1) is 0 Å². The van der Waals surface area contributed by atoms with E-state index < -0.39 is 29.1 Å². The summed E-state index contributed by atoms with van der Waals surface area (Å²) in [6.45, 7) is 3.68. The summed E-state index contributed by atoms with van der Waals surface area (Å²) >= 11 is 0. The largest absolute Gasteiger partial charge is 0.466 e. The van der Waals surface area contributed by atoms with Crippen molar-refractivity contribution in [1.82, 2.24) is 0 Å². The second-order valence-electron chi connectivity index (χ2n) is 5.83. The van der Waals surface area contributed by atoms with Gasteiger partial charge in [-0.25, -0.2) is 4.79 Å². The van der Waals surface area contributed by atoms with Crippen molar-refractivity contribution < 1.29 is 24.2 Å². The fourth-order valence-electron chi connectivity index (χ4n) is 3.24. The molecule has 0 heterocycles. The van der Waals surface area contributed by atoms with Gasteiger partial charge < -0.3 is 9.84 Å². The normalized spacial score (nSPS) is 16.2. The Bertz CT molecular complexity index is 847. The lowest BCUT2D eigenvalue weighted by molar-refractivity contribution is -0.136. The average Bonchev–Trinajstić information content (AvgIpc) is 2.84. The number of hydrogen-bond donors (Lipinski definition) is 1. The quantitative estimate of drug-likeness (QED) is 0.526. The van der Waals surface area contributed by atoms with E-state index in [0.717, 1.165) is 0 Å². The highest BCUT2D eigenvalue weighted by atomic mass is 16.5. The molecular formula is C20H16O5. The maximum atomic E-state index is 12.9. The number of rotatable bonds is 4. The summed E-state index contributed by atoms with van der Waals surface area (Å²) in [7, 11) is 1.17. The highest BCUT2D eigenvalue weighted by molar-refractivity contribution is 6.33. The monoisotopic (exact) mass is 336 g/mol. The number of esters is 1. The van der Waals surface area contributed by atoms with E-state index in [1.807, 2.05) is 0 Å². The Kier molecular flexibility index (Phi) is 4.10. The molecule has 3 rings (SSSR count). The second kappa shape index (κ2) is 6.11. The van der Waals surface area contributed by atoms with E-state index >= 15 is 0 Å². The van der Waals surface area contributed by atoms with Crippen LogP contribution in [0.15, 0.2) is 66.7 Å². The van der Waals surface area contributed by atoms with E-state index in [-0.39, 0.29) is 16.7 Å². The lowest BCUT2D eigenvalue weighted by Crippen LogP contribution is -2.48. The first kappa shape index (κ1) is 16.8. The van der Waals surface area contributed by atoms with Gasteiger partial charge in [0.15, 0.2) is 0 Å². The van der Waals surface area contributed by atoms with Crippen LogP contribution in [0.4, 0.5) is 0 Å². The summed E-state index contributed by atoms with van der Waals surface area (Å²) in [5, 5.41) is 11.2. The molecule has 126 valence electrons. The molecule has 1 aliphatic rings. The maximum absolute atomic E-state index is 12.9. The van der Waals surface area contributed by atoms with E-state index in [1.165, 1.54) is 19.2 Å². The van der Waals surface area contributed by atoms with E-state index in [9.17, 15) is 19.5 Å². The first-order valence-corrected chi connectivity index (χ1v) is 7.66. The molecular weight excluding hydrogens is 320 g/mol. The van der Waals surface area contributed by atoms with E-state index in [0.29, 0.717) is 5.56 Å². The Balaban J connectivity index is 2.20. The number of carbonyl (C=O) groups is 3. The highest BCUT2D eigenvalue weighted by Crippen LogP contribution is 2.43. The molecule has 0 fully saturated rings. The molecule has 0 aromatic heterocycles. The minimum Gasteiger partial charge on any atom is -0.466 e. The van der Waals surface area contributed by atoms with Crippen molar-refractivity contribution in [3.8, 4) is 0 Å². The van der Waals surface area contributed by atoms with Gasteiger partial charge in [0.2, 0.25) is 17.2 Å². The molecule has 25 heavy (non-hydrogen) atoms. The summed E-state index contributed by atoms with van der Waals surface area (Å²) in [5.41, 5.74) is -1.90. The van der Waals surface area contributed by atoms with Crippen LogP contribution < -0.4 is 0 Å². The van der Waals surface area contributed by atoms with E-state index in [2.05, 4.69) is 6.58 Å². The molecule has 1 unspecified atom stereocenters. The molecule has 0 bridgehead atoms. The van der Waals surface area contributed by atoms with Crippen LogP contribution in [0.2, 0.25) is 0 Å². The smallest absolute Gasteiger partial charge is 0.333 e. The molecule has 0 saturated carbocycles. The summed E-state index contributed by atoms with van der Waals surface area (Å²) in [5.74, 6) is -3.52. The standard InChI is InChI=1S/C20H16O5/c1-12(19(23)25-2)16(13-8-4-3-5-9-13)20(24)17(21)14-10-6-7-11-15(14)18(20)22/h3-11,16,24H,1H2,2H3. The second-order valence-corrected chi connectivity index (χ2v) is 5.83. The van der Waals surface area contributed by atoms with Crippen LogP contribution in [0.3, 0.4) is 0 Å². The molecule has 1 N–H and O–H groups in total. The highest BCUT2D eigenvalue weighted by Gasteiger charge is 2.58. The van der Waals surface area contributed by atoms with Gasteiger partial charge in [-0.3, -0.25) is 9.59 Å². The number of ether oxygens (including phenoxy) is 1. The number of aliphatic hydroxyl groups is 1. The fourth-order valence-corrected chi connectivity index (χ4v) is 3.24. The van der Waals surface area contributed by atoms with Gasteiger partial charge in [-0.05, 0) is 5.56 Å². The van der Waals surface area contributed by atoms with E-state index in [1.54, 1.807) is 42.5 Å². The van der Waals surface area contributed by atoms with Crippen molar-refractivity contribution in [3.63, 3.8) is 0 Å². The van der Waals surface area contributed by atoms with Crippen LogP contribution >= 0.6 is 0 Å². The minimum absolute atomic E-state index is 0.133. The summed E-state index contributed by atoms with van der Waals surface area (Å²) in [4.78, 5) is 37.8. The van der Waals surface area contributed by atoms with Crippen LogP contribution in [0, 0.1) is 0 Å². The molecule has 5 heteroatoms. The Morgan fingerprint density at radius 2 is 1.48 bits per heavy atom. The zero-order valence-electron chi connectivity index (χ0n) is 13.6. The molecule has 0 saturated heterocycles. The van der Waals surface area contributed by atoms with Crippen LogP contribution in [0.1, 0.15) is 32.2 Å². The van der Waals surface area contributed by atoms with Gasteiger partial charge in [-0.2, -0.15) is 0 Å². The summed E-state index contributed by atoms with van der Waals surface area (Å²) in [6, 6.07) is 14.6. The van der Waals surface area contributed by atoms with Gasteiger partial charge in [-0.1, -0.05) is 61.2 Å². The minimum atomic E-state index is -2.43. The van der Waals surface area contributed by atoms with Crippen LogP contribution in [0.5, 0.6) is 0 Å². The van der Waals surface area contributed by atoms with Crippen molar-refractivity contribution in [1.29, 1.82) is 0 Å². The lowest BCUT2D eigenvalue weighted by Gasteiger charge is -2.30. The predicted octanol–water partition coefficient (Wildman–Crippen LogP) is 2.31. The van der Waals surface area contributed by atoms with Gasteiger partial charge in [0.25, 0.3) is 0 Å². The van der Waals surface area contributed by atoms with E-state index in [4.69, 9.17) is 4.74 Å². The van der Waals surface area contributed by atoms with Crippen molar-refractivity contribution >= 4 is 17.5 Å². The molecule has 1 atom stereocenters. The van der Waals surface area contributed by atoms with Crippen molar-refractivity contribution in [2.45, 2.75) is 11.5 Å². The van der Waals surface area contributed by atoms with Gasteiger partial charge in [0, 0.05) is 16.7 Å². The van der Waals surface area contributed by atoms with Gasteiger partial charge in [0.05, 0.1) is 13.0 Å². The van der Waals surface area contributed by atoms with Crippen LogP contribution in [-0.2, 0) is 9.53 Å². The number of Topliss-reactive ketones (excluding diaryl/α,β-unsaturated/α-hetero) is 2. The van der Waals surface area contributed by atoms with Crippen molar-refractivity contribution in [2.75, 3.05) is 7.11 Å². The predicted molar refractivity (Wildman–Crippen MR) is 90.4 cm³/mol. The molecule has 2 aromatic rings. The topological polar surface area (TPSA) is 80.7 Å². The number of benzene rings is 2. The SMILES string of the molecule is C=C(C(=O)OC)C(c1ccccc1)C1(O)C(=O)c2ccccc2C1=O. The third-order valence-corrected chi connectivity index (χ3v) is 4.46. The van der Waals surface area contributed by atoms with Crippen LogP contribution in [0.25, 0.3) is 0 Å². The summed E-state index contributed by atoms with van der Waals surface area (Å²) < 4.78 is 4.69. The number of fused-ring (bicyclic) bond motifs is 1. The van der Waals surface area contributed by atoms with Crippen molar-refractivity contribution in [3.05, 3.63) is 83.4 Å². The third kappa shape index (κ3) is 2.40. The molecule has 5 nitrogen and oxygen atoms in total. The zero-order chi connectivity index (χ0) is 18.2. The molecule has 0 spiro atoms. The average molecular weight is 336 g/mol. The number of carbonyl (C=O) groups excluding carboxylic acids is 3. The number of ketones is 2. The Morgan fingerprint density at radius 1 is 1.00 bits per heavy atom. The van der Waals surface area contributed by atoms with Gasteiger partial charge >= 0.3 is 5.97 Å². The molecule has 2 aromatic carbocycles. The van der Waals surface area contributed by atoms with Gasteiger partial charge in [0.1, 0.15) is 0 Å². The molecule has 0 radical (unpaired) electrons. The first-order chi connectivity index (χ1) is 11.9. The zero-order valence-corrected chi connectivity index (χ0v) is 13.6. The lowest BCUT2D eigenvalue weighted by atomic mass is 9.74. The molecule has 1 aliphatic carbocycles. The fraction of sp³-hybridized carbons (Fsp3) is 0.150. The Hall–Kier alpha value is -3.05. The molecule has 0 aliphatic heterocycles. The molecule has 0 amide bonds. The Morgan fingerprint density at radius 3 is 1.96 bits per heavy atom.